The fraction of sp³-hybridized carbons (Fsp3) is 0.966. The van der Waals surface area contributed by atoms with E-state index in [4.69, 9.17) is 0 Å². The molecule has 0 heterocycles. The standard InChI is InChI=1S/C29H48O2/c1-25(2)22-13-17-29(7)23(27(22,5)15-14-24(25)30)11-10-21-18-8-9-20(26(3,4)31)19(18)12-16-28(21,29)6/h18-23,31H,8-17H2,1-7H3/t18-,19+,20+,21+,22-,23-,27+,28-,29-/m1/s1. The zero-order valence-corrected chi connectivity index (χ0v) is 21.4. The van der Waals surface area contributed by atoms with Crippen LogP contribution in [0.3, 0.4) is 0 Å². The number of fused-ring (bicyclic) bond motifs is 7. The van der Waals surface area contributed by atoms with Gasteiger partial charge >= 0.3 is 0 Å². The third kappa shape index (κ3) is 2.75. The summed E-state index contributed by atoms with van der Waals surface area (Å²) in [5.74, 6) is 4.71. The molecule has 5 rings (SSSR count). The Morgan fingerprint density at radius 3 is 2.13 bits per heavy atom. The first-order valence-electron chi connectivity index (χ1n) is 13.5. The van der Waals surface area contributed by atoms with Crippen molar-refractivity contribution in [3.8, 4) is 0 Å². The van der Waals surface area contributed by atoms with E-state index < -0.39 is 5.60 Å². The number of hydrogen-bond acceptors (Lipinski definition) is 2. The molecule has 31 heavy (non-hydrogen) atoms. The van der Waals surface area contributed by atoms with Gasteiger partial charge in [0.2, 0.25) is 0 Å². The topological polar surface area (TPSA) is 37.3 Å². The van der Waals surface area contributed by atoms with Crippen LogP contribution in [0, 0.1) is 57.2 Å². The highest BCUT2D eigenvalue weighted by Gasteiger charge is 2.69. The Balaban J connectivity index is 1.48. The van der Waals surface area contributed by atoms with Crippen LogP contribution < -0.4 is 0 Å². The third-order valence-corrected chi connectivity index (χ3v) is 13.0. The van der Waals surface area contributed by atoms with Gasteiger partial charge in [0.05, 0.1) is 5.60 Å². The van der Waals surface area contributed by atoms with Gasteiger partial charge in [0.15, 0.2) is 0 Å². The first-order valence-corrected chi connectivity index (χ1v) is 13.5. The largest absolute Gasteiger partial charge is 0.390 e. The number of ketones is 1. The van der Waals surface area contributed by atoms with E-state index in [1.807, 2.05) is 0 Å². The minimum atomic E-state index is -0.528. The van der Waals surface area contributed by atoms with Crippen molar-refractivity contribution in [3.63, 3.8) is 0 Å². The molecular formula is C29H48O2. The summed E-state index contributed by atoms with van der Waals surface area (Å²) >= 11 is 0. The Kier molecular flexibility index (Phi) is 4.78. The number of Topliss-reactive ketones (excluding diaryl/α,β-unsaturated/α-hetero) is 1. The predicted molar refractivity (Wildman–Crippen MR) is 127 cm³/mol. The van der Waals surface area contributed by atoms with Gasteiger partial charge < -0.3 is 5.11 Å². The first kappa shape index (κ1) is 22.4. The molecule has 5 saturated carbocycles. The SMILES string of the molecule is CC(C)(O)[C@H]1CC[C@@H]2[C@@H]1CC[C@]1(C)[C@H]2CC[C@@H]2[C@@]3(C)CCC(=O)C(C)(C)[C@H]3CC[C@]21C. The van der Waals surface area contributed by atoms with Gasteiger partial charge in [0.1, 0.15) is 5.78 Å². The summed E-state index contributed by atoms with van der Waals surface area (Å²) in [5.41, 5.74) is 0.469. The zero-order valence-electron chi connectivity index (χ0n) is 21.4. The van der Waals surface area contributed by atoms with E-state index in [1.54, 1.807) is 0 Å². The van der Waals surface area contributed by atoms with Crippen LogP contribution in [-0.2, 0) is 4.79 Å². The predicted octanol–water partition coefficient (Wildman–Crippen LogP) is 7.04. The van der Waals surface area contributed by atoms with Crippen LogP contribution in [0.5, 0.6) is 0 Å². The lowest BCUT2D eigenvalue weighted by Gasteiger charge is -2.71. The molecule has 0 saturated heterocycles. The molecule has 9 atom stereocenters. The molecule has 2 nitrogen and oxygen atoms in total. The summed E-state index contributed by atoms with van der Waals surface area (Å²) in [6, 6.07) is 0. The molecule has 0 aromatic carbocycles. The molecular weight excluding hydrogens is 380 g/mol. The molecule has 0 bridgehead atoms. The lowest BCUT2D eigenvalue weighted by molar-refractivity contribution is -0.226. The Morgan fingerprint density at radius 2 is 1.45 bits per heavy atom. The van der Waals surface area contributed by atoms with E-state index in [2.05, 4.69) is 48.5 Å². The molecule has 5 aliphatic rings. The van der Waals surface area contributed by atoms with Gasteiger partial charge in [-0.05, 0) is 123 Å². The van der Waals surface area contributed by atoms with Crippen molar-refractivity contribution >= 4 is 5.78 Å². The van der Waals surface area contributed by atoms with E-state index in [-0.39, 0.29) is 5.41 Å². The summed E-state index contributed by atoms with van der Waals surface area (Å²) in [6.07, 6.45) is 12.4. The second kappa shape index (κ2) is 6.61. The lowest BCUT2D eigenvalue weighted by atomic mass is 9.33. The minimum absolute atomic E-state index is 0.144. The molecule has 176 valence electrons. The van der Waals surface area contributed by atoms with Gasteiger partial charge in [0, 0.05) is 11.8 Å². The lowest BCUT2D eigenvalue weighted by Crippen LogP contribution is -2.65. The normalized spacial score (nSPS) is 53.9. The Hall–Kier alpha value is -0.370. The van der Waals surface area contributed by atoms with Gasteiger partial charge in [-0.2, -0.15) is 0 Å². The van der Waals surface area contributed by atoms with Crippen molar-refractivity contribution in [2.75, 3.05) is 0 Å². The van der Waals surface area contributed by atoms with E-state index in [1.165, 1.54) is 51.4 Å². The van der Waals surface area contributed by atoms with E-state index in [0.717, 1.165) is 36.5 Å². The highest BCUT2D eigenvalue weighted by molar-refractivity contribution is 5.85. The van der Waals surface area contributed by atoms with Crippen molar-refractivity contribution in [3.05, 3.63) is 0 Å². The molecule has 0 aromatic rings. The molecule has 1 N–H and O–H groups in total. The first-order chi connectivity index (χ1) is 14.3. The Labute approximate surface area is 191 Å². The van der Waals surface area contributed by atoms with Gasteiger partial charge in [-0.25, -0.2) is 0 Å². The van der Waals surface area contributed by atoms with Crippen molar-refractivity contribution in [1.29, 1.82) is 0 Å². The van der Waals surface area contributed by atoms with Crippen LogP contribution in [0.25, 0.3) is 0 Å². The van der Waals surface area contributed by atoms with E-state index in [0.29, 0.717) is 33.9 Å². The summed E-state index contributed by atoms with van der Waals surface area (Å²) < 4.78 is 0. The second-order valence-corrected chi connectivity index (χ2v) is 14.5. The molecule has 5 aliphatic carbocycles. The number of rotatable bonds is 1. The fourth-order valence-electron chi connectivity index (χ4n) is 11.3. The fourth-order valence-corrected chi connectivity index (χ4v) is 11.3. The van der Waals surface area contributed by atoms with E-state index >= 15 is 0 Å². The second-order valence-electron chi connectivity index (χ2n) is 14.5. The van der Waals surface area contributed by atoms with Crippen molar-refractivity contribution < 1.29 is 9.90 Å². The van der Waals surface area contributed by atoms with E-state index in [9.17, 15) is 9.90 Å². The molecule has 5 fully saturated rings. The molecule has 0 aliphatic heterocycles. The molecule has 0 radical (unpaired) electrons. The summed E-state index contributed by atoms with van der Waals surface area (Å²) in [4.78, 5) is 12.9. The summed E-state index contributed by atoms with van der Waals surface area (Å²) in [5, 5.41) is 10.9. The minimum Gasteiger partial charge on any atom is -0.390 e. The number of carbonyl (C=O) groups excluding carboxylic acids is 1. The average Bonchev–Trinajstić information content (AvgIpc) is 3.10. The maximum Gasteiger partial charge on any atom is 0.138 e. The summed E-state index contributed by atoms with van der Waals surface area (Å²) in [7, 11) is 0. The van der Waals surface area contributed by atoms with Crippen LogP contribution in [-0.4, -0.2) is 16.5 Å². The quantitative estimate of drug-likeness (QED) is 0.486. The van der Waals surface area contributed by atoms with Gasteiger partial charge in [0.25, 0.3) is 0 Å². The molecule has 0 unspecified atom stereocenters. The Morgan fingerprint density at radius 1 is 0.774 bits per heavy atom. The highest BCUT2D eigenvalue weighted by atomic mass is 16.3. The highest BCUT2D eigenvalue weighted by Crippen LogP contribution is 2.75. The van der Waals surface area contributed by atoms with Crippen molar-refractivity contribution in [2.45, 2.75) is 118 Å². The van der Waals surface area contributed by atoms with Gasteiger partial charge in [-0.3, -0.25) is 4.79 Å². The van der Waals surface area contributed by atoms with Crippen LogP contribution in [0.15, 0.2) is 0 Å². The maximum absolute atomic E-state index is 12.9. The van der Waals surface area contributed by atoms with Gasteiger partial charge in [-0.1, -0.05) is 34.6 Å². The number of aliphatic hydroxyl groups is 1. The molecule has 0 spiro atoms. The summed E-state index contributed by atoms with van der Waals surface area (Å²) in [6.45, 7) is 16.6. The average molecular weight is 429 g/mol. The van der Waals surface area contributed by atoms with Gasteiger partial charge in [-0.15, -0.1) is 0 Å². The third-order valence-electron chi connectivity index (χ3n) is 13.0. The maximum atomic E-state index is 12.9. The Bertz CT molecular complexity index is 761. The monoisotopic (exact) mass is 428 g/mol. The van der Waals surface area contributed by atoms with Crippen molar-refractivity contribution in [1.82, 2.24) is 0 Å². The van der Waals surface area contributed by atoms with Crippen LogP contribution in [0.1, 0.15) is 113 Å². The van der Waals surface area contributed by atoms with Crippen LogP contribution >= 0.6 is 0 Å². The smallest absolute Gasteiger partial charge is 0.138 e. The van der Waals surface area contributed by atoms with Crippen LogP contribution in [0.4, 0.5) is 0 Å². The zero-order chi connectivity index (χ0) is 22.6. The van der Waals surface area contributed by atoms with Crippen molar-refractivity contribution in [2.24, 2.45) is 57.2 Å². The molecule has 2 heteroatoms. The number of hydrogen-bond donors (Lipinski definition) is 1. The molecule has 0 aromatic heterocycles. The van der Waals surface area contributed by atoms with Crippen LogP contribution in [0.2, 0.25) is 0 Å². The molecule has 0 amide bonds. The number of carbonyl (C=O) groups is 1.